The number of carbonyl (C=O) groups excluding carboxylic acids is 2. The Hall–Kier alpha value is -1.92. The predicted octanol–water partition coefficient (Wildman–Crippen LogP) is 3.32. The zero-order valence-electron chi connectivity index (χ0n) is 19.5. The first-order chi connectivity index (χ1) is 15.4. The van der Waals surface area contributed by atoms with Gasteiger partial charge in [-0.2, -0.15) is 0 Å². The molecule has 1 aromatic carbocycles. The van der Waals surface area contributed by atoms with Gasteiger partial charge in [0, 0.05) is 24.9 Å². The number of Topliss-reactive ketones (excluding diaryl/α,β-unsaturated/α-hetero) is 1. The van der Waals surface area contributed by atoms with Gasteiger partial charge in [-0.05, 0) is 87.6 Å². The molecule has 3 aliphatic rings. The van der Waals surface area contributed by atoms with Crippen LogP contribution in [0.1, 0.15) is 63.0 Å². The van der Waals surface area contributed by atoms with Crippen LogP contribution in [0.4, 0.5) is 0 Å². The minimum atomic E-state index is -0.992. The van der Waals surface area contributed by atoms with Crippen molar-refractivity contribution in [1.29, 1.82) is 0 Å². The van der Waals surface area contributed by atoms with Gasteiger partial charge in [-0.15, -0.1) is 0 Å². The maximum Gasteiger partial charge on any atom is 0.306 e. The van der Waals surface area contributed by atoms with Crippen LogP contribution in [0.5, 0.6) is 5.75 Å². The summed E-state index contributed by atoms with van der Waals surface area (Å²) < 4.78 is 10.5. The molecule has 1 aliphatic heterocycles. The van der Waals surface area contributed by atoms with Gasteiger partial charge in [0.2, 0.25) is 0 Å². The molecule has 0 unspecified atom stereocenters. The molecule has 2 fully saturated rings. The number of methoxy groups -OCH3 is 1. The highest BCUT2D eigenvalue weighted by atomic mass is 16.5. The monoisotopic (exact) mass is 443 g/mol. The van der Waals surface area contributed by atoms with Crippen molar-refractivity contribution in [3.63, 3.8) is 0 Å². The van der Waals surface area contributed by atoms with Crippen LogP contribution in [-0.4, -0.2) is 60.2 Å². The SMILES string of the molecule is CCOC(=O)C[C@H]1C[C@@](O)([C@H]2Cc3ccc(OC)cc3CCCN2CC2CC2)CCC1=O. The van der Waals surface area contributed by atoms with E-state index >= 15 is 0 Å². The van der Waals surface area contributed by atoms with Crippen LogP contribution < -0.4 is 4.74 Å². The maximum absolute atomic E-state index is 12.6. The summed E-state index contributed by atoms with van der Waals surface area (Å²) in [6, 6.07) is 6.20. The Morgan fingerprint density at radius 3 is 2.78 bits per heavy atom. The van der Waals surface area contributed by atoms with E-state index in [9.17, 15) is 14.7 Å². The van der Waals surface area contributed by atoms with Crippen molar-refractivity contribution in [2.24, 2.45) is 11.8 Å². The lowest BCUT2D eigenvalue weighted by Gasteiger charge is -2.47. The van der Waals surface area contributed by atoms with Crippen LogP contribution in [0.15, 0.2) is 18.2 Å². The second-order valence-corrected chi connectivity index (χ2v) is 9.88. The van der Waals surface area contributed by atoms with Crippen molar-refractivity contribution in [2.75, 3.05) is 26.8 Å². The lowest BCUT2D eigenvalue weighted by molar-refractivity contribution is -0.151. The Bertz CT molecular complexity index is 836. The molecule has 0 saturated heterocycles. The third kappa shape index (κ3) is 5.34. The van der Waals surface area contributed by atoms with Crippen LogP contribution in [0.3, 0.4) is 0 Å². The molecule has 1 heterocycles. The number of aryl methyl sites for hydroxylation is 1. The fourth-order valence-electron chi connectivity index (χ4n) is 5.60. The molecule has 0 amide bonds. The van der Waals surface area contributed by atoms with Gasteiger partial charge < -0.3 is 14.6 Å². The highest BCUT2D eigenvalue weighted by molar-refractivity contribution is 5.86. The number of hydrogen-bond donors (Lipinski definition) is 1. The summed E-state index contributed by atoms with van der Waals surface area (Å²) in [5, 5.41) is 12.0. The molecule has 2 saturated carbocycles. The number of ketones is 1. The van der Waals surface area contributed by atoms with Crippen LogP contribution in [0, 0.1) is 11.8 Å². The van der Waals surface area contributed by atoms with Crippen molar-refractivity contribution in [2.45, 2.75) is 76.4 Å². The van der Waals surface area contributed by atoms with Crippen molar-refractivity contribution in [1.82, 2.24) is 4.90 Å². The zero-order chi connectivity index (χ0) is 22.7. The minimum absolute atomic E-state index is 0.0617. The number of nitrogens with zero attached hydrogens (tertiary/aromatic N) is 1. The van der Waals surface area contributed by atoms with Crippen molar-refractivity contribution in [3.05, 3.63) is 29.3 Å². The van der Waals surface area contributed by atoms with Crippen molar-refractivity contribution < 1.29 is 24.2 Å². The molecule has 6 nitrogen and oxygen atoms in total. The summed E-state index contributed by atoms with van der Waals surface area (Å²) >= 11 is 0. The van der Waals surface area contributed by atoms with Gasteiger partial charge >= 0.3 is 5.97 Å². The van der Waals surface area contributed by atoms with E-state index in [0.29, 0.717) is 25.9 Å². The van der Waals surface area contributed by atoms with Gasteiger partial charge in [0.1, 0.15) is 11.5 Å². The molecule has 6 heteroatoms. The summed E-state index contributed by atoms with van der Waals surface area (Å²) in [4.78, 5) is 27.2. The van der Waals surface area contributed by atoms with Gasteiger partial charge in [0.05, 0.1) is 25.7 Å². The van der Waals surface area contributed by atoms with Crippen LogP contribution >= 0.6 is 0 Å². The van der Waals surface area contributed by atoms with Gasteiger partial charge in [-0.1, -0.05) is 6.07 Å². The summed E-state index contributed by atoms with van der Waals surface area (Å²) in [7, 11) is 1.69. The third-order valence-corrected chi connectivity index (χ3v) is 7.55. The molecule has 0 radical (unpaired) electrons. The van der Waals surface area contributed by atoms with Crippen molar-refractivity contribution in [3.8, 4) is 5.75 Å². The van der Waals surface area contributed by atoms with E-state index in [1.165, 1.54) is 24.0 Å². The molecule has 4 rings (SSSR count). The number of rotatable bonds is 7. The lowest BCUT2D eigenvalue weighted by atomic mass is 9.70. The molecule has 0 bridgehead atoms. The molecule has 176 valence electrons. The van der Waals surface area contributed by atoms with Gasteiger partial charge in [-0.3, -0.25) is 14.5 Å². The summed E-state index contributed by atoms with van der Waals surface area (Å²) in [5.74, 6) is 0.854. The van der Waals surface area contributed by atoms with Crippen LogP contribution in [0.2, 0.25) is 0 Å². The Morgan fingerprint density at radius 2 is 2.06 bits per heavy atom. The van der Waals surface area contributed by atoms with E-state index in [1.54, 1.807) is 14.0 Å². The largest absolute Gasteiger partial charge is 0.497 e. The Kier molecular flexibility index (Phi) is 7.21. The van der Waals surface area contributed by atoms with Gasteiger partial charge in [0.25, 0.3) is 0 Å². The lowest BCUT2D eigenvalue weighted by Crippen LogP contribution is -2.58. The molecule has 0 aromatic heterocycles. The average molecular weight is 444 g/mol. The topological polar surface area (TPSA) is 76.1 Å². The second-order valence-electron chi connectivity index (χ2n) is 9.88. The molecule has 1 N–H and O–H groups in total. The summed E-state index contributed by atoms with van der Waals surface area (Å²) in [5.41, 5.74) is 1.55. The van der Waals surface area contributed by atoms with E-state index in [2.05, 4.69) is 17.0 Å². The van der Waals surface area contributed by atoms with Crippen LogP contribution in [-0.2, 0) is 27.2 Å². The summed E-state index contributed by atoms with van der Waals surface area (Å²) in [6.45, 7) is 4.03. The number of carbonyl (C=O) groups is 2. The Labute approximate surface area is 191 Å². The molecular formula is C26H37NO5. The Balaban J connectivity index is 1.60. The van der Waals surface area contributed by atoms with Crippen LogP contribution in [0.25, 0.3) is 0 Å². The van der Waals surface area contributed by atoms with Gasteiger partial charge in [0.15, 0.2) is 0 Å². The third-order valence-electron chi connectivity index (χ3n) is 7.55. The number of esters is 1. The molecule has 32 heavy (non-hydrogen) atoms. The fourth-order valence-corrected chi connectivity index (χ4v) is 5.60. The standard InChI is InChI=1S/C26H37NO5/c1-3-32-25(29)15-21-16-26(30,11-10-23(21)28)24-14-20-8-9-22(31-2)13-19(20)5-4-12-27(24)17-18-6-7-18/h8-9,13,18,21,24,30H,3-7,10-12,14-17H2,1-2H3/t21-,24+,26+/m0/s1. The number of hydrogen-bond acceptors (Lipinski definition) is 6. The van der Waals surface area contributed by atoms with Gasteiger partial charge in [-0.25, -0.2) is 0 Å². The zero-order valence-corrected chi connectivity index (χ0v) is 19.5. The van der Waals surface area contributed by atoms with Crippen molar-refractivity contribution >= 4 is 11.8 Å². The number of aliphatic hydroxyl groups is 1. The van der Waals surface area contributed by atoms with E-state index in [4.69, 9.17) is 9.47 Å². The average Bonchev–Trinajstić information content (AvgIpc) is 3.57. The maximum atomic E-state index is 12.6. The van der Waals surface area contributed by atoms with E-state index in [0.717, 1.165) is 44.0 Å². The number of ether oxygens (including phenoxy) is 2. The first-order valence-electron chi connectivity index (χ1n) is 12.2. The molecule has 1 aromatic rings. The predicted molar refractivity (Wildman–Crippen MR) is 122 cm³/mol. The highest BCUT2D eigenvalue weighted by Crippen LogP contribution is 2.41. The first kappa shape index (κ1) is 23.2. The Morgan fingerprint density at radius 1 is 1.25 bits per heavy atom. The molecule has 3 atom stereocenters. The fraction of sp³-hybridized carbons (Fsp3) is 0.692. The highest BCUT2D eigenvalue weighted by Gasteiger charge is 2.48. The van der Waals surface area contributed by atoms with E-state index in [1.807, 2.05) is 6.07 Å². The second kappa shape index (κ2) is 9.92. The minimum Gasteiger partial charge on any atom is -0.497 e. The number of fused-ring (bicyclic) bond motifs is 1. The smallest absolute Gasteiger partial charge is 0.306 e. The molecule has 2 aliphatic carbocycles. The molecule has 0 spiro atoms. The summed E-state index contributed by atoms with van der Waals surface area (Å²) in [6.07, 6.45) is 6.50. The quantitative estimate of drug-likeness (QED) is 0.652. The first-order valence-corrected chi connectivity index (χ1v) is 12.2. The van der Waals surface area contributed by atoms with E-state index in [-0.39, 0.29) is 24.2 Å². The number of benzene rings is 1. The molecular weight excluding hydrogens is 406 g/mol. The normalized spacial score (nSPS) is 29.0. The van der Waals surface area contributed by atoms with E-state index < -0.39 is 11.5 Å².